The quantitative estimate of drug-likeness (QED) is 0.165. The zero-order valence-electron chi connectivity index (χ0n) is 18.3. The summed E-state index contributed by atoms with van der Waals surface area (Å²) in [4.78, 5) is 30.8. The molecule has 2 N–H and O–H groups in total. The lowest BCUT2D eigenvalue weighted by Crippen LogP contribution is -2.46. The average molecular weight is 546 g/mol. The number of nitrogens with zero attached hydrogens (tertiary/aromatic N) is 6. The first kappa shape index (κ1) is 27.5. The molecule has 0 atom stereocenters. The van der Waals surface area contributed by atoms with Crippen LogP contribution < -0.4 is 15.5 Å². The van der Waals surface area contributed by atoms with Crippen molar-refractivity contribution < 1.29 is 40.9 Å². The normalized spacial score (nSPS) is 12.0. The van der Waals surface area contributed by atoms with Crippen LogP contribution in [0.2, 0.25) is 0 Å². The van der Waals surface area contributed by atoms with Gasteiger partial charge in [0, 0.05) is 35.5 Å². The third-order valence-electron chi connectivity index (χ3n) is 4.23. The number of aromatic nitrogens is 3. The van der Waals surface area contributed by atoms with E-state index in [2.05, 4.69) is 35.5 Å². The minimum absolute atomic E-state index is 0.0713. The fourth-order valence-corrected chi connectivity index (χ4v) is 2.62. The van der Waals surface area contributed by atoms with Gasteiger partial charge >= 0.3 is 18.4 Å². The van der Waals surface area contributed by atoms with Crippen molar-refractivity contribution >= 4 is 35.2 Å². The molecule has 2 aromatic carbocycles. The minimum Gasteiger partial charge on any atom is -0.440 e. The molecule has 1 heterocycles. The summed E-state index contributed by atoms with van der Waals surface area (Å²) in [6, 6.07) is 8.17. The third-order valence-corrected chi connectivity index (χ3v) is 4.23. The smallest absolute Gasteiger partial charge is 0.434 e. The van der Waals surface area contributed by atoms with E-state index < -0.39 is 46.2 Å². The van der Waals surface area contributed by atoms with Crippen molar-refractivity contribution in [2.75, 3.05) is 10.7 Å². The molecule has 3 rings (SSSR count). The molecular formula is C19H12F6N8O5. The van der Waals surface area contributed by atoms with Crippen LogP contribution in [-0.2, 0) is 0 Å². The van der Waals surface area contributed by atoms with Gasteiger partial charge < -0.3 is 10.1 Å². The van der Waals surface area contributed by atoms with Crippen LogP contribution in [0.15, 0.2) is 53.6 Å². The summed E-state index contributed by atoms with van der Waals surface area (Å²) >= 11 is 0. The first-order valence-electron chi connectivity index (χ1n) is 9.83. The predicted octanol–water partition coefficient (Wildman–Crippen LogP) is 4.75. The topological polar surface area (TPSA) is 171 Å². The molecule has 0 saturated carbocycles. The Kier molecular flexibility index (Phi) is 7.87. The van der Waals surface area contributed by atoms with Crippen LogP contribution in [0.25, 0.3) is 0 Å². The number of non-ortho nitro benzene ring substituents is 2. The largest absolute Gasteiger partial charge is 0.440 e. The molecule has 0 aliphatic rings. The van der Waals surface area contributed by atoms with Crippen LogP contribution in [-0.4, -0.2) is 49.5 Å². The second kappa shape index (κ2) is 10.9. The van der Waals surface area contributed by atoms with Crippen molar-refractivity contribution in [2.24, 2.45) is 5.10 Å². The fraction of sp³-hybridized carbons (Fsp3) is 0.158. The summed E-state index contributed by atoms with van der Waals surface area (Å²) in [6.45, 7) is 0. The standard InChI is InChI=1S/C19H12F6N8O5/c20-18(21,22)14(19(23,24)25)38-17-29-15(27-11-4-6-12(7-5-11)32(34)35)28-16(30-17)31-26-9-10-2-1-3-13(8-10)33(36)37/h1-9,14H,(H2,27,28,29,30,31)/b26-9+. The Morgan fingerprint density at radius 3 is 2.05 bits per heavy atom. The van der Waals surface area contributed by atoms with E-state index in [9.17, 15) is 46.6 Å². The summed E-state index contributed by atoms with van der Waals surface area (Å²) in [5, 5.41) is 27.7. The summed E-state index contributed by atoms with van der Waals surface area (Å²) in [5.74, 6) is -1.29. The Labute approximate surface area is 206 Å². The first-order valence-corrected chi connectivity index (χ1v) is 9.83. The highest BCUT2D eigenvalue weighted by Gasteiger charge is 2.59. The Morgan fingerprint density at radius 1 is 0.868 bits per heavy atom. The molecule has 0 bridgehead atoms. The number of halogens is 6. The highest BCUT2D eigenvalue weighted by Crippen LogP contribution is 2.36. The Bertz CT molecular complexity index is 1340. The lowest BCUT2D eigenvalue weighted by atomic mass is 10.2. The molecule has 3 aromatic rings. The second-order valence-corrected chi connectivity index (χ2v) is 7.00. The maximum atomic E-state index is 13.0. The highest BCUT2D eigenvalue weighted by molar-refractivity contribution is 5.81. The lowest BCUT2D eigenvalue weighted by Gasteiger charge is -2.22. The fourth-order valence-electron chi connectivity index (χ4n) is 2.62. The average Bonchev–Trinajstić information content (AvgIpc) is 2.81. The molecule has 38 heavy (non-hydrogen) atoms. The summed E-state index contributed by atoms with van der Waals surface area (Å²) < 4.78 is 81.8. The molecular weight excluding hydrogens is 534 g/mol. The van der Waals surface area contributed by atoms with Crippen molar-refractivity contribution in [3.63, 3.8) is 0 Å². The number of rotatable bonds is 9. The number of nitrogens with one attached hydrogen (secondary N) is 2. The summed E-state index contributed by atoms with van der Waals surface area (Å²) in [5.41, 5.74) is 1.85. The molecule has 200 valence electrons. The van der Waals surface area contributed by atoms with Gasteiger partial charge in [-0.25, -0.2) is 5.43 Å². The molecule has 0 saturated heterocycles. The summed E-state index contributed by atoms with van der Waals surface area (Å²) in [7, 11) is 0. The number of hydrogen-bond donors (Lipinski definition) is 2. The molecule has 0 spiro atoms. The van der Waals surface area contributed by atoms with Gasteiger partial charge in [0.05, 0.1) is 16.1 Å². The van der Waals surface area contributed by atoms with E-state index in [-0.39, 0.29) is 22.6 Å². The molecule has 19 heteroatoms. The van der Waals surface area contributed by atoms with E-state index in [1.54, 1.807) is 0 Å². The molecule has 0 fully saturated rings. The second-order valence-electron chi connectivity index (χ2n) is 7.00. The lowest BCUT2D eigenvalue weighted by molar-refractivity contribution is -0.385. The van der Waals surface area contributed by atoms with E-state index in [0.717, 1.165) is 24.4 Å². The van der Waals surface area contributed by atoms with Crippen LogP contribution >= 0.6 is 0 Å². The van der Waals surface area contributed by atoms with Gasteiger partial charge in [-0.15, -0.1) is 0 Å². The molecule has 0 aliphatic heterocycles. The van der Waals surface area contributed by atoms with Crippen LogP contribution in [0.5, 0.6) is 6.01 Å². The SMILES string of the molecule is O=[N+]([O-])c1ccc(Nc2nc(N/N=C/c3cccc([N+](=O)[O-])c3)nc(OC(C(F)(F)F)C(F)(F)F)n2)cc1. The van der Waals surface area contributed by atoms with Crippen LogP contribution in [0, 0.1) is 20.2 Å². The van der Waals surface area contributed by atoms with Crippen LogP contribution in [0.4, 0.5) is 55.3 Å². The van der Waals surface area contributed by atoms with Gasteiger partial charge in [0.15, 0.2) is 0 Å². The van der Waals surface area contributed by atoms with E-state index >= 15 is 0 Å². The van der Waals surface area contributed by atoms with Crippen LogP contribution in [0.1, 0.15) is 5.56 Å². The number of benzene rings is 2. The van der Waals surface area contributed by atoms with E-state index in [1.165, 1.54) is 30.3 Å². The number of anilines is 3. The van der Waals surface area contributed by atoms with Crippen molar-refractivity contribution in [3.05, 3.63) is 74.3 Å². The Balaban J connectivity index is 1.92. The van der Waals surface area contributed by atoms with Gasteiger partial charge in [-0.3, -0.25) is 20.2 Å². The van der Waals surface area contributed by atoms with Gasteiger partial charge in [0.1, 0.15) is 0 Å². The third kappa shape index (κ3) is 7.45. The molecule has 0 aliphatic carbocycles. The highest BCUT2D eigenvalue weighted by atomic mass is 19.4. The Morgan fingerprint density at radius 2 is 1.47 bits per heavy atom. The van der Waals surface area contributed by atoms with Crippen molar-refractivity contribution in [1.29, 1.82) is 0 Å². The maximum absolute atomic E-state index is 13.0. The van der Waals surface area contributed by atoms with E-state index in [1.807, 2.05) is 0 Å². The number of hydrazone groups is 1. The zero-order valence-corrected chi connectivity index (χ0v) is 18.3. The number of alkyl halides is 6. The van der Waals surface area contributed by atoms with Crippen molar-refractivity contribution in [3.8, 4) is 6.01 Å². The maximum Gasteiger partial charge on any atom is 0.434 e. The van der Waals surface area contributed by atoms with Crippen LogP contribution in [0.3, 0.4) is 0 Å². The number of nitro groups is 2. The van der Waals surface area contributed by atoms with E-state index in [0.29, 0.717) is 0 Å². The molecule has 0 amide bonds. The van der Waals surface area contributed by atoms with Gasteiger partial charge in [-0.1, -0.05) is 12.1 Å². The summed E-state index contributed by atoms with van der Waals surface area (Å²) in [6.07, 6.45) is -15.0. The predicted molar refractivity (Wildman–Crippen MR) is 117 cm³/mol. The first-order chi connectivity index (χ1) is 17.7. The molecule has 13 nitrogen and oxygen atoms in total. The van der Waals surface area contributed by atoms with Gasteiger partial charge in [0.2, 0.25) is 5.95 Å². The van der Waals surface area contributed by atoms with Crippen molar-refractivity contribution in [1.82, 2.24) is 15.0 Å². The number of hydrogen-bond acceptors (Lipinski definition) is 11. The number of nitro benzene ring substituents is 2. The Hall–Kier alpha value is -5.10. The molecule has 0 radical (unpaired) electrons. The molecule has 1 aromatic heterocycles. The van der Waals surface area contributed by atoms with E-state index in [4.69, 9.17) is 0 Å². The zero-order chi connectivity index (χ0) is 28.1. The number of ether oxygens (including phenoxy) is 1. The molecule has 0 unspecified atom stereocenters. The minimum atomic E-state index is -5.87. The van der Waals surface area contributed by atoms with Gasteiger partial charge in [-0.2, -0.15) is 46.4 Å². The van der Waals surface area contributed by atoms with Gasteiger partial charge in [0.25, 0.3) is 23.4 Å². The van der Waals surface area contributed by atoms with Crippen molar-refractivity contribution in [2.45, 2.75) is 18.5 Å². The monoisotopic (exact) mass is 546 g/mol. The van der Waals surface area contributed by atoms with Gasteiger partial charge in [-0.05, 0) is 12.1 Å².